The Morgan fingerprint density at radius 3 is 2.71 bits per heavy atom. The van der Waals surface area contributed by atoms with Gasteiger partial charge in [-0.25, -0.2) is 4.79 Å². The number of ether oxygens (including phenoxy) is 1. The molecule has 0 fully saturated rings. The summed E-state index contributed by atoms with van der Waals surface area (Å²) in [5, 5.41) is 13.7. The Kier molecular flexibility index (Phi) is 3.62. The molecular formula is C12H11NO3S. The Balaban J connectivity index is 1.85. The van der Waals surface area contributed by atoms with Crippen LogP contribution in [0.15, 0.2) is 41.8 Å². The fourth-order valence-electron chi connectivity index (χ4n) is 1.26. The third-order valence-electron chi connectivity index (χ3n) is 2.08. The molecule has 0 aliphatic heterocycles. The van der Waals surface area contributed by atoms with Crippen LogP contribution in [0.4, 0.5) is 4.79 Å². The largest absolute Gasteiger partial charge is 0.504 e. The minimum Gasteiger partial charge on any atom is -0.504 e. The summed E-state index contributed by atoms with van der Waals surface area (Å²) >= 11 is 1.17. The summed E-state index contributed by atoms with van der Waals surface area (Å²) in [6.45, 7) is 0.395. The molecule has 0 bridgehead atoms. The van der Waals surface area contributed by atoms with E-state index < -0.39 is 6.09 Å². The van der Waals surface area contributed by atoms with Gasteiger partial charge >= 0.3 is 6.09 Å². The molecule has 0 unspecified atom stereocenters. The zero-order valence-corrected chi connectivity index (χ0v) is 9.74. The van der Waals surface area contributed by atoms with Crippen molar-refractivity contribution in [3.63, 3.8) is 0 Å². The second-order valence-corrected chi connectivity index (χ2v) is 4.20. The summed E-state index contributed by atoms with van der Waals surface area (Å²) in [5.41, 5.74) is 0.986. The van der Waals surface area contributed by atoms with E-state index in [1.165, 1.54) is 17.4 Å². The quantitative estimate of drug-likeness (QED) is 0.879. The lowest BCUT2D eigenvalue weighted by Gasteiger charge is -2.05. The molecule has 2 N–H and O–H groups in total. The number of amides is 1. The van der Waals surface area contributed by atoms with Crippen LogP contribution >= 0.6 is 11.3 Å². The number of carbonyl (C=O) groups excluding carboxylic acids is 1. The molecule has 1 amide bonds. The minimum absolute atomic E-state index is 0.0233. The molecule has 2 rings (SSSR count). The van der Waals surface area contributed by atoms with Gasteiger partial charge in [-0.1, -0.05) is 30.3 Å². The van der Waals surface area contributed by atoms with Crippen molar-refractivity contribution in [1.29, 1.82) is 0 Å². The molecule has 0 aliphatic carbocycles. The van der Waals surface area contributed by atoms with Crippen molar-refractivity contribution in [2.24, 2.45) is 0 Å². The zero-order valence-electron chi connectivity index (χ0n) is 8.92. The summed E-state index contributed by atoms with van der Waals surface area (Å²) in [7, 11) is 0. The van der Waals surface area contributed by atoms with E-state index >= 15 is 0 Å². The topological polar surface area (TPSA) is 58.6 Å². The van der Waals surface area contributed by atoms with Crippen molar-refractivity contribution in [2.75, 3.05) is 0 Å². The number of aromatic hydroxyl groups is 1. The molecule has 0 saturated heterocycles. The van der Waals surface area contributed by atoms with E-state index in [0.29, 0.717) is 6.54 Å². The number of nitrogens with one attached hydrogen (secondary N) is 1. The molecule has 5 heteroatoms. The van der Waals surface area contributed by atoms with Gasteiger partial charge in [-0.15, -0.1) is 11.3 Å². The number of hydrogen-bond acceptors (Lipinski definition) is 4. The molecule has 0 aliphatic rings. The fourth-order valence-corrected chi connectivity index (χ4v) is 1.89. The molecule has 0 spiro atoms. The predicted molar refractivity (Wildman–Crippen MR) is 65.3 cm³/mol. The Morgan fingerprint density at radius 2 is 2.06 bits per heavy atom. The van der Waals surface area contributed by atoms with Gasteiger partial charge < -0.3 is 15.2 Å². The normalized spacial score (nSPS) is 9.88. The van der Waals surface area contributed by atoms with Crippen LogP contribution in [-0.4, -0.2) is 11.2 Å². The van der Waals surface area contributed by atoms with Crippen LogP contribution in [0.2, 0.25) is 0 Å². The van der Waals surface area contributed by atoms with Gasteiger partial charge in [0.15, 0.2) is 5.75 Å². The van der Waals surface area contributed by atoms with E-state index in [4.69, 9.17) is 4.74 Å². The third kappa shape index (κ3) is 3.22. The molecule has 0 saturated carbocycles. The van der Waals surface area contributed by atoms with Crippen molar-refractivity contribution >= 4 is 17.4 Å². The maximum absolute atomic E-state index is 11.4. The summed E-state index contributed by atoms with van der Waals surface area (Å²) in [6, 6.07) is 11.0. The van der Waals surface area contributed by atoms with E-state index in [1.54, 1.807) is 5.38 Å². The van der Waals surface area contributed by atoms with Crippen molar-refractivity contribution < 1.29 is 14.6 Å². The highest BCUT2D eigenvalue weighted by Gasteiger charge is 2.09. The number of benzene rings is 1. The first-order valence-electron chi connectivity index (χ1n) is 5.02. The minimum atomic E-state index is -0.577. The lowest BCUT2D eigenvalue weighted by Crippen LogP contribution is -2.25. The van der Waals surface area contributed by atoms with Crippen molar-refractivity contribution in [3.05, 3.63) is 47.3 Å². The van der Waals surface area contributed by atoms with Gasteiger partial charge in [0, 0.05) is 6.54 Å². The Morgan fingerprint density at radius 1 is 1.29 bits per heavy atom. The summed E-state index contributed by atoms with van der Waals surface area (Å²) in [5.74, 6) is -0.0233. The first-order chi connectivity index (χ1) is 8.25. The van der Waals surface area contributed by atoms with Gasteiger partial charge in [0.1, 0.15) is 0 Å². The molecule has 0 atom stereocenters. The van der Waals surface area contributed by atoms with Gasteiger partial charge in [0.2, 0.25) is 5.06 Å². The van der Waals surface area contributed by atoms with E-state index in [-0.39, 0.29) is 10.8 Å². The van der Waals surface area contributed by atoms with Crippen LogP contribution in [0.5, 0.6) is 10.8 Å². The van der Waals surface area contributed by atoms with Gasteiger partial charge in [0.05, 0.1) is 0 Å². The van der Waals surface area contributed by atoms with Gasteiger partial charge in [0.25, 0.3) is 0 Å². The Hall–Kier alpha value is -2.01. The predicted octanol–water partition coefficient (Wildman–Crippen LogP) is 2.74. The molecule has 1 aromatic carbocycles. The molecule has 0 radical (unpaired) electrons. The van der Waals surface area contributed by atoms with Crippen LogP contribution in [0.25, 0.3) is 0 Å². The van der Waals surface area contributed by atoms with E-state index in [2.05, 4.69) is 5.32 Å². The molecule has 17 heavy (non-hydrogen) atoms. The maximum Gasteiger partial charge on any atom is 0.413 e. The summed E-state index contributed by atoms with van der Waals surface area (Å²) in [6.07, 6.45) is -0.577. The van der Waals surface area contributed by atoms with E-state index in [9.17, 15) is 9.90 Å². The van der Waals surface area contributed by atoms with Crippen LogP contribution in [0.3, 0.4) is 0 Å². The smallest absolute Gasteiger partial charge is 0.413 e. The summed E-state index contributed by atoms with van der Waals surface area (Å²) in [4.78, 5) is 11.4. The third-order valence-corrected chi connectivity index (χ3v) is 2.85. The average molecular weight is 249 g/mol. The number of carbonyl (C=O) groups is 1. The lowest BCUT2D eigenvalue weighted by molar-refractivity contribution is 0.200. The second kappa shape index (κ2) is 5.36. The van der Waals surface area contributed by atoms with Gasteiger partial charge in [-0.2, -0.15) is 0 Å². The van der Waals surface area contributed by atoms with E-state index in [1.807, 2.05) is 30.3 Å². The summed E-state index contributed by atoms with van der Waals surface area (Å²) < 4.78 is 4.93. The monoisotopic (exact) mass is 249 g/mol. The highest BCUT2D eigenvalue weighted by molar-refractivity contribution is 7.12. The van der Waals surface area contributed by atoms with E-state index in [0.717, 1.165) is 5.56 Å². The molecular weight excluding hydrogens is 238 g/mol. The zero-order chi connectivity index (χ0) is 12.1. The molecule has 1 heterocycles. The standard InChI is InChI=1S/C12H11NO3S/c14-10-6-7-17-11(10)16-12(15)13-8-9-4-2-1-3-5-9/h1-7,14H,8H2,(H,13,15). The van der Waals surface area contributed by atoms with Crippen molar-refractivity contribution in [2.45, 2.75) is 6.54 Å². The Labute approximate surface area is 102 Å². The van der Waals surface area contributed by atoms with Crippen molar-refractivity contribution in [3.8, 4) is 10.8 Å². The Bertz CT molecular complexity index is 495. The highest BCUT2D eigenvalue weighted by Crippen LogP contribution is 2.31. The maximum atomic E-state index is 11.4. The lowest BCUT2D eigenvalue weighted by atomic mass is 10.2. The highest BCUT2D eigenvalue weighted by atomic mass is 32.1. The first-order valence-corrected chi connectivity index (χ1v) is 5.90. The van der Waals surface area contributed by atoms with Gasteiger partial charge in [-0.3, -0.25) is 0 Å². The SMILES string of the molecule is O=C(NCc1ccccc1)Oc1sccc1O. The number of rotatable bonds is 3. The number of thiophene rings is 1. The van der Waals surface area contributed by atoms with Crippen molar-refractivity contribution in [1.82, 2.24) is 5.32 Å². The molecule has 88 valence electrons. The van der Waals surface area contributed by atoms with Crippen LogP contribution < -0.4 is 10.1 Å². The number of hydrogen-bond donors (Lipinski definition) is 2. The molecule has 1 aromatic heterocycles. The second-order valence-electron chi connectivity index (χ2n) is 3.32. The molecule has 4 nitrogen and oxygen atoms in total. The van der Waals surface area contributed by atoms with Crippen LogP contribution in [-0.2, 0) is 6.54 Å². The fraction of sp³-hybridized carbons (Fsp3) is 0.0833. The van der Waals surface area contributed by atoms with Crippen LogP contribution in [0, 0.1) is 0 Å². The van der Waals surface area contributed by atoms with Crippen LogP contribution in [0.1, 0.15) is 5.56 Å². The molecule has 2 aromatic rings. The van der Waals surface area contributed by atoms with Gasteiger partial charge in [-0.05, 0) is 17.0 Å². The average Bonchev–Trinajstić information content (AvgIpc) is 2.74. The first kappa shape index (κ1) is 11.5.